The highest BCUT2D eigenvalue weighted by Gasteiger charge is 1.98. The molecule has 0 aromatic heterocycles. The van der Waals surface area contributed by atoms with Crippen LogP contribution in [-0.4, -0.2) is 18.3 Å². The van der Waals surface area contributed by atoms with Gasteiger partial charge in [0.25, 0.3) is 0 Å². The maximum Gasteiger partial charge on any atom is 0.0588 e. The first-order valence-electron chi connectivity index (χ1n) is 4.64. The molecule has 0 saturated heterocycles. The summed E-state index contributed by atoms with van der Waals surface area (Å²) in [7, 11) is 0. The zero-order chi connectivity index (χ0) is 10.4. The zero-order valence-corrected chi connectivity index (χ0v) is 8.72. The van der Waals surface area contributed by atoms with Crippen molar-refractivity contribution in [1.82, 2.24) is 0 Å². The monoisotopic (exact) mass is 214 g/mol. The lowest BCUT2D eigenvalue weighted by atomic mass is 10.2. The topological polar surface area (TPSA) is 58.3 Å². The highest BCUT2D eigenvalue weighted by atomic mass is 35.5. The Morgan fingerprint density at radius 3 is 2.86 bits per heavy atom. The Bertz CT molecular complexity index is 291. The Kier molecular flexibility index (Phi) is 4.56. The molecule has 0 aliphatic heterocycles. The van der Waals surface area contributed by atoms with Crippen LogP contribution in [0.25, 0.3) is 0 Å². The van der Waals surface area contributed by atoms with Crippen LogP contribution in [0.2, 0.25) is 5.02 Å². The van der Waals surface area contributed by atoms with E-state index < -0.39 is 0 Å². The number of rotatable bonds is 5. The number of nitrogens with two attached hydrogens (primary N) is 1. The van der Waals surface area contributed by atoms with E-state index in [2.05, 4.69) is 5.32 Å². The third-order valence-electron chi connectivity index (χ3n) is 1.92. The van der Waals surface area contributed by atoms with Crippen molar-refractivity contribution < 1.29 is 5.11 Å². The summed E-state index contributed by atoms with van der Waals surface area (Å²) in [5, 5.41) is 12.4. The van der Waals surface area contributed by atoms with E-state index in [1.807, 2.05) is 0 Å². The van der Waals surface area contributed by atoms with Crippen LogP contribution in [0.3, 0.4) is 0 Å². The molecule has 0 radical (unpaired) electrons. The number of aliphatic hydroxyl groups excluding tert-OH is 1. The minimum atomic E-state index is 0.229. The third-order valence-corrected chi connectivity index (χ3v) is 2.15. The molecule has 1 aromatic carbocycles. The minimum Gasteiger partial charge on any atom is -0.397 e. The van der Waals surface area contributed by atoms with E-state index in [0.29, 0.717) is 10.7 Å². The van der Waals surface area contributed by atoms with Gasteiger partial charge >= 0.3 is 0 Å². The smallest absolute Gasteiger partial charge is 0.0588 e. The molecule has 0 spiro atoms. The Morgan fingerprint density at radius 1 is 1.36 bits per heavy atom. The van der Waals surface area contributed by atoms with Gasteiger partial charge in [-0.25, -0.2) is 0 Å². The van der Waals surface area contributed by atoms with Crippen LogP contribution in [0.1, 0.15) is 12.8 Å². The van der Waals surface area contributed by atoms with E-state index >= 15 is 0 Å². The summed E-state index contributed by atoms with van der Waals surface area (Å²) in [4.78, 5) is 0. The van der Waals surface area contributed by atoms with Gasteiger partial charge in [-0.2, -0.15) is 0 Å². The van der Waals surface area contributed by atoms with Gasteiger partial charge in [-0.05, 0) is 31.0 Å². The van der Waals surface area contributed by atoms with Crippen molar-refractivity contribution >= 4 is 23.0 Å². The molecule has 0 unspecified atom stereocenters. The summed E-state index contributed by atoms with van der Waals surface area (Å²) in [6.45, 7) is 1.03. The van der Waals surface area contributed by atoms with E-state index in [1.54, 1.807) is 18.2 Å². The fourth-order valence-electron chi connectivity index (χ4n) is 1.14. The number of hydrogen-bond acceptors (Lipinski definition) is 3. The van der Waals surface area contributed by atoms with Crippen LogP contribution in [0.15, 0.2) is 18.2 Å². The summed E-state index contributed by atoms with van der Waals surface area (Å²) in [5.41, 5.74) is 7.28. The van der Waals surface area contributed by atoms with Crippen molar-refractivity contribution in [2.45, 2.75) is 12.8 Å². The molecule has 78 valence electrons. The van der Waals surface area contributed by atoms with E-state index in [1.165, 1.54) is 0 Å². The molecule has 0 bridgehead atoms. The molecule has 0 aliphatic carbocycles. The maximum atomic E-state index is 8.59. The maximum absolute atomic E-state index is 8.59. The van der Waals surface area contributed by atoms with E-state index in [0.717, 1.165) is 25.1 Å². The highest BCUT2D eigenvalue weighted by Crippen LogP contribution is 2.22. The van der Waals surface area contributed by atoms with Gasteiger partial charge in [0.2, 0.25) is 0 Å². The number of unbranched alkanes of at least 4 members (excludes halogenated alkanes) is 1. The van der Waals surface area contributed by atoms with Crippen LogP contribution in [0.5, 0.6) is 0 Å². The molecule has 3 nitrogen and oxygen atoms in total. The van der Waals surface area contributed by atoms with Gasteiger partial charge in [0, 0.05) is 18.2 Å². The Labute approximate surface area is 88.9 Å². The van der Waals surface area contributed by atoms with Gasteiger partial charge in [-0.1, -0.05) is 11.6 Å². The number of halogens is 1. The molecule has 1 aromatic rings. The molecule has 0 fully saturated rings. The average molecular weight is 215 g/mol. The SMILES string of the molecule is Nc1ccc(Cl)cc1NCCCCO. The van der Waals surface area contributed by atoms with Crippen LogP contribution in [0.4, 0.5) is 11.4 Å². The second kappa shape index (κ2) is 5.73. The summed E-state index contributed by atoms with van der Waals surface area (Å²) in [6.07, 6.45) is 1.72. The van der Waals surface area contributed by atoms with Crippen molar-refractivity contribution in [3.05, 3.63) is 23.2 Å². The van der Waals surface area contributed by atoms with Crippen molar-refractivity contribution in [2.24, 2.45) is 0 Å². The minimum absolute atomic E-state index is 0.229. The van der Waals surface area contributed by atoms with Crippen LogP contribution >= 0.6 is 11.6 Å². The molecular formula is C10H15ClN2O. The van der Waals surface area contributed by atoms with Crippen molar-refractivity contribution in [2.75, 3.05) is 24.2 Å². The number of anilines is 2. The summed E-state index contributed by atoms with van der Waals surface area (Å²) < 4.78 is 0. The molecule has 0 amide bonds. The molecular weight excluding hydrogens is 200 g/mol. The predicted octanol–water partition coefficient (Wildman–Crippen LogP) is 2.11. The van der Waals surface area contributed by atoms with E-state index in [-0.39, 0.29) is 6.61 Å². The van der Waals surface area contributed by atoms with Gasteiger partial charge < -0.3 is 16.2 Å². The Hall–Kier alpha value is -0.930. The first kappa shape index (κ1) is 11.1. The van der Waals surface area contributed by atoms with Gasteiger partial charge in [0.1, 0.15) is 0 Å². The third kappa shape index (κ3) is 3.44. The lowest BCUT2D eigenvalue weighted by molar-refractivity contribution is 0.286. The molecule has 0 heterocycles. The summed E-state index contributed by atoms with van der Waals surface area (Å²) in [5.74, 6) is 0. The van der Waals surface area contributed by atoms with Crippen molar-refractivity contribution in [3.63, 3.8) is 0 Å². The van der Waals surface area contributed by atoms with E-state index in [4.69, 9.17) is 22.4 Å². The predicted molar refractivity (Wildman–Crippen MR) is 60.7 cm³/mol. The van der Waals surface area contributed by atoms with Gasteiger partial charge in [-0.15, -0.1) is 0 Å². The Balaban J connectivity index is 2.45. The quantitative estimate of drug-likeness (QED) is 0.520. The van der Waals surface area contributed by atoms with Crippen LogP contribution in [-0.2, 0) is 0 Å². The summed E-state index contributed by atoms with van der Waals surface area (Å²) >= 11 is 5.82. The second-order valence-electron chi connectivity index (χ2n) is 3.09. The molecule has 0 aliphatic rings. The second-order valence-corrected chi connectivity index (χ2v) is 3.53. The molecule has 14 heavy (non-hydrogen) atoms. The van der Waals surface area contributed by atoms with Gasteiger partial charge in [-0.3, -0.25) is 0 Å². The number of nitrogens with one attached hydrogen (secondary N) is 1. The van der Waals surface area contributed by atoms with E-state index in [9.17, 15) is 0 Å². The number of nitrogen functional groups attached to an aromatic ring is 1. The first-order chi connectivity index (χ1) is 6.74. The normalized spacial score (nSPS) is 10.1. The molecule has 4 heteroatoms. The van der Waals surface area contributed by atoms with Crippen molar-refractivity contribution in [3.8, 4) is 0 Å². The Morgan fingerprint density at radius 2 is 2.14 bits per heavy atom. The molecule has 4 N–H and O–H groups in total. The average Bonchev–Trinajstić information content (AvgIpc) is 2.18. The van der Waals surface area contributed by atoms with Gasteiger partial charge in [0.05, 0.1) is 11.4 Å². The lowest BCUT2D eigenvalue weighted by Gasteiger charge is -2.08. The molecule has 0 saturated carbocycles. The van der Waals surface area contributed by atoms with Crippen LogP contribution < -0.4 is 11.1 Å². The molecule has 0 atom stereocenters. The highest BCUT2D eigenvalue weighted by molar-refractivity contribution is 6.31. The van der Waals surface area contributed by atoms with Crippen LogP contribution in [0, 0.1) is 0 Å². The standard InChI is InChI=1S/C10H15ClN2O/c11-8-3-4-9(12)10(7-8)13-5-1-2-6-14/h3-4,7,13-14H,1-2,5-6,12H2. The van der Waals surface area contributed by atoms with Gasteiger partial charge in [0.15, 0.2) is 0 Å². The number of benzene rings is 1. The largest absolute Gasteiger partial charge is 0.397 e. The zero-order valence-electron chi connectivity index (χ0n) is 7.96. The van der Waals surface area contributed by atoms with Crippen molar-refractivity contribution in [1.29, 1.82) is 0 Å². The fourth-order valence-corrected chi connectivity index (χ4v) is 1.31. The number of aliphatic hydroxyl groups is 1. The number of hydrogen-bond donors (Lipinski definition) is 3. The summed E-state index contributed by atoms with van der Waals surface area (Å²) in [6, 6.07) is 5.34. The lowest BCUT2D eigenvalue weighted by Crippen LogP contribution is -2.04. The first-order valence-corrected chi connectivity index (χ1v) is 5.01. The fraction of sp³-hybridized carbons (Fsp3) is 0.400. The molecule has 1 rings (SSSR count).